The summed E-state index contributed by atoms with van der Waals surface area (Å²) >= 11 is 0. The summed E-state index contributed by atoms with van der Waals surface area (Å²) in [5, 5.41) is 0. The third-order valence-corrected chi connectivity index (χ3v) is 3.15. The number of hydrogen-bond donors (Lipinski definition) is 1. The Morgan fingerprint density at radius 2 is 1.95 bits per heavy atom. The first kappa shape index (κ1) is 15.6. The van der Waals surface area contributed by atoms with Crippen molar-refractivity contribution in [3.8, 4) is 5.75 Å². The van der Waals surface area contributed by atoms with E-state index in [1.54, 1.807) is 0 Å². The van der Waals surface area contributed by atoms with Gasteiger partial charge in [-0.2, -0.15) is 0 Å². The van der Waals surface area contributed by atoms with Crippen molar-refractivity contribution in [2.45, 2.75) is 26.8 Å². The standard InChI is InChI=1S/C15H27N3O/c1-6-18(12(3)11-17(4)5)13-9-8-10-14(15(13)16)19-7-2/h8-10,12H,6-7,11,16H2,1-5H3. The van der Waals surface area contributed by atoms with E-state index in [0.29, 0.717) is 12.6 Å². The van der Waals surface area contributed by atoms with E-state index in [1.165, 1.54) is 0 Å². The van der Waals surface area contributed by atoms with Gasteiger partial charge < -0.3 is 20.3 Å². The molecule has 19 heavy (non-hydrogen) atoms. The maximum atomic E-state index is 6.23. The van der Waals surface area contributed by atoms with E-state index in [4.69, 9.17) is 10.5 Å². The maximum absolute atomic E-state index is 6.23. The molecule has 0 aromatic heterocycles. The number of benzene rings is 1. The molecule has 0 aliphatic heterocycles. The van der Waals surface area contributed by atoms with Crippen LogP contribution in [-0.4, -0.2) is 44.7 Å². The van der Waals surface area contributed by atoms with Gasteiger partial charge in [-0.25, -0.2) is 0 Å². The van der Waals surface area contributed by atoms with Crippen molar-refractivity contribution in [1.82, 2.24) is 4.90 Å². The highest BCUT2D eigenvalue weighted by molar-refractivity contribution is 5.74. The third kappa shape index (κ3) is 4.03. The summed E-state index contributed by atoms with van der Waals surface area (Å²) in [7, 11) is 4.18. The second-order valence-electron chi connectivity index (χ2n) is 5.02. The van der Waals surface area contributed by atoms with E-state index in [2.05, 4.69) is 43.8 Å². The smallest absolute Gasteiger partial charge is 0.144 e. The van der Waals surface area contributed by atoms with Crippen LogP contribution in [0, 0.1) is 0 Å². The zero-order valence-electron chi connectivity index (χ0n) is 12.8. The molecule has 0 heterocycles. The summed E-state index contributed by atoms with van der Waals surface area (Å²) in [6.07, 6.45) is 0. The van der Waals surface area contributed by atoms with Crippen LogP contribution < -0.4 is 15.4 Å². The van der Waals surface area contributed by atoms with Gasteiger partial charge in [0.25, 0.3) is 0 Å². The van der Waals surface area contributed by atoms with Crippen molar-refractivity contribution in [2.75, 3.05) is 44.4 Å². The topological polar surface area (TPSA) is 41.7 Å². The third-order valence-electron chi connectivity index (χ3n) is 3.15. The van der Waals surface area contributed by atoms with Crippen LogP contribution in [0.1, 0.15) is 20.8 Å². The summed E-state index contributed by atoms with van der Waals surface area (Å²) in [5.74, 6) is 0.774. The highest BCUT2D eigenvalue weighted by Gasteiger charge is 2.17. The Balaban J connectivity index is 3.01. The maximum Gasteiger partial charge on any atom is 0.144 e. The van der Waals surface area contributed by atoms with Crippen LogP contribution in [-0.2, 0) is 0 Å². The number of hydrogen-bond acceptors (Lipinski definition) is 4. The fraction of sp³-hybridized carbons (Fsp3) is 0.600. The molecule has 0 radical (unpaired) electrons. The minimum atomic E-state index is 0.402. The zero-order valence-corrected chi connectivity index (χ0v) is 12.8. The van der Waals surface area contributed by atoms with E-state index in [-0.39, 0.29) is 0 Å². The molecular formula is C15H27N3O. The van der Waals surface area contributed by atoms with Crippen molar-refractivity contribution in [1.29, 1.82) is 0 Å². The molecule has 4 heteroatoms. The van der Waals surface area contributed by atoms with Crippen molar-refractivity contribution in [2.24, 2.45) is 0 Å². The number of nitrogen functional groups attached to an aromatic ring is 1. The molecule has 1 aromatic carbocycles. The molecule has 1 unspecified atom stereocenters. The first-order valence-corrected chi connectivity index (χ1v) is 6.93. The average molecular weight is 265 g/mol. The number of nitrogens with two attached hydrogens (primary N) is 1. The quantitative estimate of drug-likeness (QED) is 0.769. The van der Waals surface area contributed by atoms with Gasteiger partial charge in [0, 0.05) is 19.1 Å². The molecule has 0 saturated carbocycles. The average Bonchev–Trinajstić information content (AvgIpc) is 2.34. The predicted octanol–water partition coefficient (Wildman–Crippen LogP) is 2.44. The van der Waals surface area contributed by atoms with Crippen LogP contribution >= 0.6 is 0 Å². The van der Waals surface area contributed by atoms with Crippen LogP contribution in [0.5, 0.6) is 5.75 Å². The van der Waals surface area contributed by atoms with Gasteiger partial charge in [-0.05, 0) is 47.0 Å². The second-order valence-corrected chi connectivity index (χ2v) is 5.02. The summed E-state index contributed by atoms with van der Waals surface area (Å²) < 4.78 is 5.57. The number of nitrogens with zero attached hydrogens (tertiary/aromatic N) is 2. The summed E-state index contributed by atoms with van der Waals surface area (Å²) in [6, 6.07) is 6.39. The van der Waals surface area contributed by atoms with Gasteiger partial charge in [0.1, 0.15) is 5.75 Å². The molecule has 0 amide bonds. The van der Waals surface area contributed by atoms with Crippen molar-refractivity contribution >= 4 is 11.4 Å². The molecule has 1 rings (SSSR count). The SMILES string of the molecule is CCOc1cccc(N(CC)C(C)CN(C)C)c1N. The van der Waals surface area contributed by atoms with Crippen LogP contribution in [0.4, 0.5) is 11.4 Å². The molecule has 108 valence electrons. The zero-order chi connectivity index (χ0) is 14.4. The van der Waals surface area contributed by atoms with E-state index in [0.717, 1.165) is 30.2 Å². The largest absolute Gasteiger partial charge is 0.492 e. The predicted molar refractivity (Wildman–Crippen MR) is 83.1 cm³/mol. The van der Waals surface area contributed by atoms with E-state index < -0.39 is 0 Å². The van der Waals surface area contributed by atoms with Gasteiger partial charge in [0.15, 0.2) is 0 Å². The van der Waals surface area contributed by atoms with Crippen LogP contribution in [0.3, 0.4) is 0 Å². The molecule has 1 aromatic rings. The lowest BCUT2D eigenvalue weighted by atomic mass is 10.1. The van der Waals surface area contributed by atoms with Crippen LogP contribution in [0.25, 0.3) is 0 Å². The van der Waals surface area contributed by atoms with E-state index in [1.807, 2.05) is 19.1 Å². The van der Waals surface area contributed by atoms with Gasteiger partial charge >= 0.3 is 0 Å². The number of rotatable bonds is 7. The minimum absolute atomic E-state index is 0.402. The van der Waals surface area contributed by atoms with Gasteiger partial charge in [0.2, 0.25) is 0 Å². The Hall–Kier alpha value is -1.42. The fourth-order valence-electron chi connectivity index (χ4n) is 2.41. The highest BCUT2D eigenvalue weighted by Crippen LogP contribution is 2.33. The molecule has 4 nitrogen and oxygen atoms in total. The number of ether oxygens (including phenoxy) is 1. The summed E-state index contributed by atoms with van der Waals surface area (Å²) in [6.45, 7) is 8.89. The lowest BCUT2D eigenvalue weighted by Crippen LogP contribution is -2.40. The monoisotopic (exact) mass is 265 g/mol. The van der Waals surface area contributed by atoms with Gasteiger partial charge in [-0.3, -0.25) is 0 Å². The molecule has 0 fully saturated rings. The van der Waals surface area contributed by atoms with Crippen molar-refractivity contribution < 1.29 is 4.74 Å². The number of likely N-dealkylation sites (N-methyl/N-ethyl adjacent to an activating group) is 2. The van der Waals surface area contributed by atoms with E-state index in [9.17, 15) is 0 Å². The molecule has 0 saturated heterocycles. The normalized spacial score (nSPS) is 12.5. The van der Waals surface area contributed by atoms with Gasteiger partial charge in [-0.1, -0.05) is 6.07 Å². The van der Waals surface area contributed by atoms with Crippen molar-refractivity contribution in [3.63, 3.8) is 0 Å². The Labute approximate surface area is 117 Å². The Morgan fingerprint density at radius 3 is 2.47 bits per heavy atom. The molecule has 0 spiro atoms. The van der Waals surface area contributed by atoms with Gasteiger partial charge in [-0.15, -0.1) is 0 Å². The molecule has 0 aliphatic carbocycles. The van der Waals surface area contributed by atoms with Crippen molar-refractivity contribution in [3.05, 3.63) is 18.2 Å². The number of anilines is 2. The number of para-hydroxylation sites is 1. The Morgan fingerprint density at radius 1 is 1.26 bits per heavy atom. The Kier molecular flexibility index (Phi) is 5.96. The van der Waals surface area contributed by atoms with E-state index >= 15 is 0 Å². The molecule has 2 N–H and O–H groups in total. The summed E-state index contributed by atoms with van der Waals surface area (Å²) in [4.78, 5) is 4.51. The molecule has 0 bridgehead atoms. The fourth-order valence-corrected chi connectivity index (χ4v) is 2.41. The highest BCUT2D eigenvalue weighted by atomic mass is 16.5. The first-order valence-electron chi connectivity index (χ1n) is 6.93. The lowest BCUT2D eigenvalue weighted by Gasteiger charge is -2.33. The first-order chi connectivity index (χ1) is 9.01. The van der Waals surface area contributed by atoms with Gasteiger partial charge in [0.05, 0.1) is 18.0 Å². The minimum Gasteiger partial charge on any atom is -0.492 e. The summed E-state index contributed by atoms with van der Waals surface area (Å²) in [5.41, 5.74) is 8.03. The molecule has 1 atom stereocenters. The Bertz CT molecular complexity index is 393. The molecular weight excluding hydrogens is 238 g/mol. The lowest BCUT2D eigenvalue weighted by molar-refractivity contribution is 0.341. The van der Waals surface area contributed by atoms with Crippen LogP contribution in [0.15, 0.2) is 18.2 Å². The second kappa shape index (κ2) is 7.24. The van der Waals surface area contributed by atoms with Crippen LogP contribution in [0.2, 0.25) is 0 Å². The molecule has 0 aliphatic rings.